The van der Waals surface area contributed by atoms with Gasteiger partial charge in [0, 0.05) is 19.7 Å². The van der Waals surface area contributed by atoms with E-state index in [1.54, 1.807) is 0 Å². The van der Waals surface area contributed by atoms with E-state index in [-0.39, 0.29) is 16.7 Å². The molecule has 2 rings (SSSR count). The average molecular weight is 258 g/mol. The Balaban J connectivity index is 2.16. The lowest BCUT2D eigenvalue weighted by atomic mass is 10.2. The minimum atomic E-state index is -0.303. The van der Waals surface area contributed by atoms with Crippen molar-refractivity contribution in [2.75, 3.05) is 24.6 Å². The normalized spacial score (nSPS) is 19.5. The molecule has 1 N–H and O–H groups in total. The van der Waals surface area contributed by atoms with Gasteiger partial charge in [0.2, 0.25) is 0 Å². The highest BCUT2D eigenvalue weighted by Crippen LogP contribution is 2.21. The molecule has 0 saturated carbocycles. The van der Waals surface area contributed by atoms with Gasteiger partial charge in [-0.3, -0.25) is 4.79 Å². The van der Waals surface area contributed by atoms with Gasteiger partial charge in [-0.05, 0) is 19.8 Å². The summed E-state index contributed by atoms with van der Waals surface area (Å²) in [6, 6.07) is 0. The lowest BCUT2D eigenvalue weighted by Gasteiger charge is -2.25. The van der Waals surface area contributed by atoms with Gasteiger partial charge in [0.05, 0.1) is 12.4 Å². The lowest BCUT2D eigenvalue weighted by Crippen LogP contribution is -2.33. The van der Waals surface area contributed by atoms with Crippen LogP contribution < -0.4 is 10.5 Å². The van der Waals surface area contributed by atoms with E-state index in [1.807, 2.05) is 11.8 Å². The zero-order valence-corrected chi connectivity index (χ0v) is 10.5. The number of hydrogen-bond donors (Lipinski definition) is 1. The summed E-state index contributed by atoms with van der Waals surface area (Å²) < 4.78 is 5.58. The molecule has 1 fully saturated rings. The van der Waals surface area contributed by atoms with E-state index in [0.717, 1.165) is 32.5 Å². The third kappa shape index (κ3) is 2.79. The number of hydrogen-bond acceptors (Lipinski definition) is 4. The first-order chi connectivity index (χ1) is 8.22. The van der Waals surface area contributed by atoms with Crippen molar-refractivity contribution in [2.24, 2.45) is 0 Å². The van der Waals surface area contributed by atoms with Crippen LogP contribution in [0.4, 0.5) is 5.82 Å². The number of likely N-dealkylation sites (N-methyl/N-ethyl adjacent to an activating group) is 1. The highest BCUT2D eigenvalue weighted by Gasteiger charge is 2.21. The third-order valence-electron chi connectivity index (χ3n) is 2.91. The molecular weight excluding hydrogens is 242 g/mol. The molecule has 1 aromatic heterocycles. The van der Waals surface area contributed by atoms with Gasteiger partial charge in [-0.1, -0.05) is 11.6 Å². The van der Waals surface area contributed by atoms with Gasteiger partial charge in [0.15, 0.2) is 5.82 Å². The Morgan fingerprint density at radius 1 is 1.71 bits per heavy atom. The highest BCUT2D eigenvalue weighted by atomic mass is 35.5. The first-order valence-electron chi connectivity index (χ1n) is 5.82. The van der Waals surface area contributed by atoms with Gasteiger partial charge >= 0.3 is 0 Å². The number of aromatic nitrogens is 2. The molecule has 1 saturated heterocycles. The minimum absolute atomic E-state index is 0.146. The first-order valence-corrected chi connectivity index (χ1v) is 6.20. The maximum atomic E-state index is 11.4. The Kier molecular flexibility index (Phi) is 4.02. The quantitative estimate of drug-likeness (QED) is 0.887. The van der Waals surface area contributed by atoms with E-state index >= 15 is 0 Å². The van der Waals surface area contributed by atoms with E-state index in [2.05, 4.69) is 9.97 Å². The molecule has 0 bridgehead atoms. The average Bonchev–Trinajstić information content (AvgIpc) is 2.83. The lowest BCUT2D eigenvalue weighted by molar-refractivity contribution is 0.115. The van der Waals surface area contributed by atoms with Crippen molar-refractivity contribution in [1.82, 2.24) is 9.97 Å². The van der Waals surface area contributed by atoms with Crippen LogP contribution in [0.1, 0.15) is 19.8 Å². The molecule has 1 aliphatic rings. The minimum Gasteiger partial charge on any atom is -0.376 e. The fourth-order valence-corrected chi connectivity index (χ4v) is 2.22. The number of rotatable bonds is 4. The smallest absolute Gasteiger partial charge is 0.271 e. The maximum absolute atomic E-state index is 11.4. The molecule has 1 unspecified atom stereocenters. The molecule has 0 radical (unpaired) electrons. The summed E-state index contributed by atoms with van der Waals surface area (Å²) in [6.07, 6.45) is 3.74. The summed E-state index contributed by atoms with van der Waals surface area (Å²) in [7, 11) is 0. The number of halogens is 1. The first kappa shape index (κ1) is 12.4. The van der Waals surface area contributed by atoms with Crippen LogP contribution in [0.3, 0.4) is 0 Å². The number of nitrogens with zero attached hydrogens (tertiary/aromatic N) is 2. The van der Waals surface area contributed by atoms with Crippen molar-refractivity contribution in [2.45, 2.75) is 25.9 Å². The SMILES string of the molecule is CCN(CC1CCCO1)c1nc[nH]c(=O)c1Cl. The van der Waals surface area contributed by atoms with Crippen molar-refractivity contribution in [1.29, 1.82) is 0 Å². The molecule has 0 aromatic carbocycles. The van der Waals surface area contributed by atoms with Gasteiger partial charge in [-0.15, -0.1) is 0 Å². The Morgan fingerprint density at radius 3 is 3.18 bits per heavy atom. The Hall–Kier alpha value is -1.07. The zero-order chi connectivity index (χ0) is 12.3. The molecule has 6 heteroatoms. The molecule has 17 heavy (non-hydrogen) atoms. The number of nitrogens with one attached hydrogen (secondary N) is 1. The molecule has 94 valence electrons. The van der Waals surface area contributed by atoms with Gasteiger partial charge in [-0.25, -0.2) is 4.98 Å². The molecule has 5 nitrogen and oxygen atoms in total. The van der Waals surface area contributed by atoms with Crippen molar-refractivity contribution < 1.29 is 4.74 Å². The molecule has 0 amide bonds. The van der Waals surface area contributed by atoms with Crippen molar-refractivity contribution >= 4 is 17.4 Å². The van der Waals surface area contributed by atoms with E-state index in [9.17, 15) is 4.79 Å². The third-order valence-corrected chi connectivity index (χ3v) is 3.25. The predicted molar refractivity (Wildman–Crippen MR) is 66.7 cm³/mol. The van der Waals surface area contributed by atoms with Crippen molar-refractivity contribution in [3.8, 4) is 0 Å². The monoisotopic (exact) mass is 257 g/mol. The molecule has 0 spiro atoms. The second-order valence-corrected chi connectivity index (χ2v) is 4.42. The standard InChI is InChI=1S/C11H16ClN3O2/c1-2-15(6-8-4-3-5-17-8)10-9(12)11(16)14-7-13-10/h7-8H,2-6H2,1H3,(H,13,14,16). The molecule has 1 aliphatic heterocycles. The summed E-state index contributed by atoms with van der Waals surface area (Å²) in [5, 5.41) is 0.146. The number of aromatic amines is 1. The molecule has 0 aliphatic carbocycles. The van der Waals surface area contributed by atoms with E-state index in [0.29, 0.717) is 5.82 Å². The van der Waals surface area contributed by atoms with Gasteiger partial charge in [0.1, 0.15) is 5.02 Å². The van der Waals surface area contributed by atoms with E-state index in [4.69, 9.17) is 16.3 Å². The van der Waals surface area contributed by atoms with E-state index in [1.165, 1.54) is 6.33 Å². The summed E-state index contributed by atoms with van der Waals surface area (Å²) >= 11 is 5.96. The van der Waals surface area contributed by atoms with Crippen LogP contribution in [-0.2, 0) is 4.74 Å². The molecule has 1 atom stereocenters. The number of anilines is 1. The van der Waals surface area contributed by atoms with Gasteiger partial charge < -0.3 is 14.6 Å². The van der Waals surface area contributed by atoms with Crippen LogP contribution in [0.2, 0.25) is 5.02 Å². The van der Waals surface area contributed by atoms with Crippen LogP contribution >= 0.6 is 11.6 Å². The summed E-state index contributed by atoms with van der Waals surface area (Å²) in [4.78, 5) is 20.0. The number of H-pyrrole nitrogens is 1. The second-order valence-electron chi connectivity index (χ2n) is 4.04. The fraction of sp³-hybridized carbons (Fsp3) is 0.636. The Labute approximate surface area is 105 Å². The Morgan fingerprint density at radius 2 is 2.53 bits per heavy atom. The maximum Gasteiger partial charge on any atom is 0.271 e. The predicted octanol–water partition coefficient (Wildman–Crippen LogP) is 1.43. The van der Waals surface area contributed by atoms with E-state index < -0.39 is 0 Å². The van der Waals surface area contributed by atoms with Crippen LogP contribution in [0.5, 0.6) is 0 Å². The van der Waals surface area contributed by atoms with Crippen LogP contribution in [0.15, 0.2) is 11.1 Å². The zero-order valence-electron chi connectivity index (χ0n) is 9.78. The topological polar surface area (TPSA) is 58.2 Å². The number of ether oxygens (including phenoxy) is 1. The van der Waals surface area contributed by atoms with Crippen molar-refractivity contribution in [3.05, 3.63) is 21.7 Å². The second kappa shape index (κ2) is 5.51. The highest BCUT2D eigenvalue weighted by molar-refractivity contribution is 6.32. The van der Waals surface area contributed by atoms with Gasteiger partial charge in [0.25, 0.3) is 5.56 Å². The van der Waals surface area contributed by atoms with Crippen LogP contribution in [0, 0.1) is 0 Å². The van der Waals surface area contributed by atoms with Crippen LogP contribution in [-0.4, -0.2) is 35.8 Å². The van der Waals surface area contributed by atoms with Gasteiger partial charge in [-0.2, -0.15) is 0 Å². The molecule has 2 heterocycles. The summed E-state index contributed by atoms with van der Waals surface area (Å²) in [5.41, 5.74) is -0.303. The summed E-state index contributed by atoms with van der Waals surface area (Å²) in [5.74, 6) is 0.536. The summed E-state index contributed by atoms with van der Waals surface area (Å²) in [6.45, 7) is 4.30. The largest absolute Gasteiger partial charge is 0.376 e. The fourth-order valence-electron chi connectivity index (χ4n) is 1.99. The molecule has 1 aromatic rings. The van der Waals surface area contributed by atoms with Crippen LogP contribution in [0.25, 0.3) is 0 Å². The molecular formula is C11H16ClN3O2. The van der Waals surface area contributed by atoms with Crippen molar-refractivity contribution in [3.63, 3.8) is 0 Å². The Bertz CT molecular complexity index is 429.